The Labute approximate surface area is 213 Å². The van der Waals surface area contributed by atoms with E-state index < -0.39 is 11.7 Å². The van der Waals surface area contributed by atoms with E-state index in [9.17, 15) is 13.2 Å². The van der Waals surface area contributed by atoms with Gasteiger partial charge in [0.05, 0.1) is 5.56 Å². The van der Waals surface area contributed by atoms with Crippen LogP contribution in [0.4, 0.5) is 30.2 Å². The Bertz CT molecular complexity index is 1330. The second-order valence-corrected chi connectivity index (χ2v) is 8.20. The Balaban J connectivity index is 1.46. The standard InChI is InChI=1S/C31H22F3NO2/c32-31(33,34)23-11-13-24(14-12-23)35(25-15-19-29(20-16-25)36-27-7-3-1-4-8-27)26-17-21-30(22-18-26)37-28-9-5-2-6-10-28/h1-22H. The summed E-state index contributed by atoms with van der Waals surface area (Å²) in [6.45, 7) is 0. The van der Waals surface area contributed by atoms with E-state index in [-0.39, 0.29) is 0 Å². The number of hydrogen-bond donors (Lipinski definition) is 0. The van der Waals surface area contributed by atoms with Crippen LogP contribution in [-0.2, 0) is 6.18 Å². The molecule has 0 radical (unpaired) electrons. The van der Waals surface area contributed by atoms with Crippen LogP contribution in [0.1, 0.15) is 5.56 Å². The third kappa shape index (κ3) is 5.93. The van der Waals surface area contributed by atoms with Gasteiger partial charge in [-0.3, -0.25) is 0 Å². The fourth-order valence-corrected chi connectivity index (χ4v) is 3.82. The lowest BCUT2D eigenvalue weighted by atomic mass is 10.1. The summed E-state index contributed by atoms with van der Waals surface area (Å²) in [6.07, 6.45) is -4.41. The zero-order valence-electron chi connectivity index (χ0n) is 19.6. The molecule has 0 aliphatic heterocycles. The molecule has 0 heterocycles. The third-order valence-electron chi connectivity index (χ3n) is 5.60. The summed E-state index contributed by atoms with van der Waals surface area (Å²) in [5, 5.41) is 0. The summed E-state index contributed by atoms with van der Waals surface area (Å²) >= 11 is 0. The van der Waals surface area contributed by atoms with Gasteiger partial charge in [0.15, 0.2) is 0 Å². The maximum atomic E-state index is 13.2. The zero-order chi connectivity index (χ0) is 25.7. The van der Waals surface area contributed by atoms with Gasteiger partial charge in [0, 0.05) is 17.1 Å². The van der Waals surface area contributed by atoms with Gasteiger partial charge < -0.3 is 14.4 Å². The highest BCUT2D eigenvalue weighted by Gasteiger charge is 2.30. The first-order valence-electron chi connectivity index (χ1n) is 11.6. The Morgan fingerprint density at radius 3 is 1.08 bits per heavy atom. The van der Waals surface area contributed by atoms with Crippen LogP contribution in [-0.4, -0.2) is 0 Å². The van der Waals surface area contributed by atoms with Gasteiger partial charge in [0.2, 0.25) is 0 Å². The second-order valence-electron chi connectivity index (χ2n) is 8.20. The molecule has 5 aromatic rings. The van der Waals surface area contributed by atoms with Gasteiger partial charge in [-0.1, -0.05) is 36.4 Å². The molecule has 37 heavy (non-hydrogen) atoms. The van der Waals surface area contributed by atoms with E-state index in [1.165, 1.54) is 12.1 Å². The van der Waals surface area contributed by atoms with Crippen LogP contribution in [0.15, 0.2) is 133 Å². The van der Waals surface area contributed by atoms with Crippen molar-refractivity contribution in [2.45, 2.75) is 6.18 Å². The van der Waals surface area contributed by atoms with Crippen LogP contribution in [0.5, 0.6) is 23.0 Å². The number of rotatable bonds is 7. The maximum absolute atomic E-state index is 13.2. The lowest BCUT2D eigenvalue weighted by Crippen LogP contribution is -2.11. The van der Waals surface area contributed by atoms with Crippen LogP contribution in [0.2, 0.25) is 0 Å². The topological polar surface area (TPSA) is 21.7 Å². The minimum absolute atomic E-state index is 0.585. The quantitative estimate of drug-likeness (QED) is 0.223. The number of hydrogen-bond acceptors (Lipinski definition) is 3. The average Bonchev–Trinajstić information content (AvgIpc) is 2.92. The van der Waals surface area contributed by atoms with E-state index in [4.69, 9.17) is 9.47 Å². The van der Waals surface area contributed by atoms with E-state index in [0.717, 1.165) is 23.5 Å². The molecule has 0 aliphatic carbocycles. The lowest BCUT2D eigenvalue weighted by molar-refractivity contribution is -0.137. The summed E-state index contributed by atoms with van der Waals surface area (Å²) in [6, 6.07) is 38.7. The van der Waals surface area contributed by atoms with Crippen molar-refractivity contribution in [2.75, 3.05) is 4.90 Å². The Morgan fingerprint density at radius 2 is 0.730 bits per heavy atom. The number of benzene rings is 5. The van der Waals surface area contributed by atoms with Crippen molar-refractivity contribution < 1.29 is 22.6 Å². The molecule has 5 aromatic carbocycles. The molecule has 0 aliphatic rings. The molecule has 0 N–H and O–H groups in total. The molecule has 0 saturated heterocycles. The number of para-hydroxylation sites is 2. The van der Waals surface area contributed by atoms with Crippen molar-refractivity contribution in [3.05, 3.63) is 139 Å². The van der Waals surface area contributed by atoms with Crippen LogP contribution < -0.4 is 14.4 Å². The molecule has 0 amide bonds. The minimum Gasteiger partial charge on any atom is -0.457 e. The van der Waals surface area contributed by atoms with Crippen molar-refractivity contribution in [3.63, 3.8) is 0 Å². The SMILES string of the molecule is FC(F)(F)c1ccc(N(c2ccc(Oc3ccccc3)cc2)c2ccc(Oc3ccccc3)cc2)cc1. The van der Waals surface area contributed by atoms with Crippen LogP contribution in [0.25, 0.3) is 0 Å². The van der Waals surface area contributed by atoms with Gasteiger partial charge in [-0.15, -0.1) is 0 Å². The van der Waals surface area contributed by atoms with Crippen LogP contribution in [0.3, 0.4) is 0 Å². The molecule has 0 aromatic heterocycles. The fraction of sp³-hybridized carbons (Fsp3) is 0.0323. The maximum Gasteiger partial charge on any atom is 0.416 e. The molecule has 0 saturated carbocycles. The zero-order valence-corrected chi connectivity index (χ0v) is 19.6. The predicted molar refractivity (Wildman–Crippen MR) is 139 cm³/mol. The smallest absolute Gasteiger partial charge is 0.416 e. The summed E-state index contributed by atoms with van der Waals surface area (Å²) < 4.78 is 51.3. The van der Waals surface area contributed by atoms with Crippen molar-refractivity contribution in [2.24, 2.45) is 0 Å². The average molecular weight is 498 g/mol. The molecule has 184 valence electrons. The second kappa shape index (κ2) is 10.5. The molecule has 0 bridgehead atoms. The largest absolute Gasteiger partial charge is 0.457 e. The number of nitrogens with zero attached hydrogens (tertiary/aromatic N) is 1. The Kier molecular flexibility index (Phi) is 6.81. The molecular formula is C31H22F3NO2. The summed E-state index contributed by atoms with van der Waals surface area (Å²) in [5.41, 5.74) is 1.41. The van der Waals surface area contributed by atoms with E-state index in [0.29, 0.717) is 28.7 Å². The number of halogens is 3. The Hall–Kier alpha value is -4.71. The van der Waals surface area contributed by atoms with E-state index >= 15 is 0 Å². The summed E-state index contributed by atoms with van der Waals surface area (Å²) in [7, 11) is 0. The fourth-order valence-electron chi connectivity index (χ4n) is 3.82. The van der Waals surface area contributed by atoms with Crippen molar-refractivity contribution in [1.29, 1.82) is 0 Å². The van der Waals surface area contributed by atoms with Crippen molar-refractivity contribution in [3.8, 4) is 23.0 Å². The highest BCUT2D eigenvalue weighted by molar-refractivity contribution is 5.77. The van der Waals surface area contributed by atoms with Gasteiger partial charge in [-0.2, -0.15) is 13.2 Å². The van der Waals surface area contributed by atoms with E-state index in [2.05, 4.69) is 0 Å². The van der Waals surface area contributed by atoms with E-state index in [1.807, 2.05) is 114 Å². The Morgan fingerprint density at radius 1 is 0.405 bits per heavy atom. The first kappa shape index (κ1) is 24.0. The third-order valence-corrected chi connectivity index (χ3v) is 5.60. The number of ether oxygens (including phenoxy) is 2. The minimum atomic E-state index is -4.41. The van der Waals surface area contributed by atoms with Gasteiger partial charge in [0.1, 0.15) is 23.0 Å². The first-order chi connectivity index (χ1) is 18.0. The highest BCUT2D eigenvalue weighted by atomic mass is 19.4. The summed E-state index contributed by atoms with van der Waals surface area (Å²) in [5.74, 6) is 2.72. The molecule has 0 unspecified atom stereocenters. The van der Waals surface area contributed by atoms with Gasteiger partial charge in [-0.25, -0.2) is 0 Å². The number of alkyl halides is 3. The molecule has 0 fully saturated rings. The summed E-state index contributed by atoms with van der Waals surface area (Å²) in [4.78, 5) is 1.87. The lowest BCUT2D eigenvalue weighted by Gasteiger charge is -2.26. The van der Waals surface area contributed by atoms with Crippen molar-refractivity contribution in [1.82, 2.24) is 0 Å². The van der Waals surface area contributed by atoms with Crippen LogP contribution >= 0.6 is 0 Å². The molecule has 0 atom stereocenters. The highest BCUT2D eigenvalue weighted by Crippen LogP contribution is 2.38. The normalized spacial score (nSPS) is 11.1. The molecule has 0 spiro atoms. The molecule has 5 rings (SSSR count). The predicted octanol–water partition coefficient (Wildman–Crippen LogP) is 9.76. The van der Waals surface area contributed by atoms with Gasteiger partial charge in [-0.05, 0) is 97.1 Å². The van der Waals surface area contributed by atoms with Crippen molar-refractivity contribution >= 4 is 17.1 Å². The van der Waals surface area contributed by atoms with E-state index in [1.54, 1.807) is 0 Å². The molecule has 3 nitrogen and oxygen atoms in total. The molecule has 6 heteroatoms. The first-order valence-corrected chi connectivity index (χ1v) is 11.6. The van der Waals surface area contributed by atoms with Gasteiger partial charge in [0.25, 0.3) is 0 Å². The number of anilines is 3. The monoisotopic (exact) mass is 497 g/mol. The molecular weight excluding hydrogens is 475 g/mol. The van der Waals surface area contributed by atoms with Gasteiger partial charge >= 0.3 is 6.18 Å². The van der Waals surface area contributed by atoms with Crippen LogP contribution in [0, 0.1) is 0 Å².